The Kier molecular flexibility index (Phi) is 4.80. The lowest BCUT2D eigenvalue weighted by molar-refractivity contribution is 0.0898. The third kappa shape index (κ3) is 3.68. The molecule has 1 atom stereocenters. The zero-order chi connectivity index (χ0) is 17.8. The molecule has 0 bridgehead atoms. The Labute approximate surface area is 153 Å². The summed E-state index contributed by atoms with van der Waals surface area (Å²) in [6.45, 7) is 3.25. The zero-order valence-corrected chi connectivity index (χ0v) is 14.6. The monoisotopic (exact) mass is 346 g/mol. The van der Waals surface area contributed by atoms with Crippen molar-refractivity contribution in [3.05, 3.63) is 90.0 Å². The maximum Gasteiger partial charge on any atom is 0.252 e. The van der Waals surface area contributed by atoms with Crippen LogP contribution >= 0.6 is 0 Å². The number of fused-ring (bicyclic) bond motifs is 1. The molecule has 0 spiro atoms. The van der Waals surface area contributed by atoms with Gasteiger partial charge < -0.3 is 9.88 Å². The lowest BCUT2D eigenvalue weighted by atomic mass is 10.1. The van der Waals surface area contributed by atoms with Gasteiger partial charge >= 0.3 is 0 Å². The number of hydrogen-bond acceptors (Lipinski definition) is 3. The van der Waals surface area contributed by atoms with Crippen LogP contribution in [0.15, 0.2) is 73.2 Å². The Morgan fingerprint density at radius 3 is 2.81 bits per heavy atom. The number of carbonyl (C=O) groups excluding carboxylic acids is 1. The van der Waals surface area contributed by atoms with Crippen molar-refractivity contribution < 1.29 is 4.79 Å². The number of nitrogens with one attached hydrogen (secondary N) is 1. The number of carbonyl (C=O) groups is 1. The fourth-order valence-corrected chi connectivity index (χ4v) is 3.46. The summed E-state index contributed by atoms with van der Waals surface area (Å²) in [5.41, 5.74) is 3.20. The number of aromatic nitrogens is 2. The van der Waals surface area contributed by atoms with E-state index in [1.807, 2.05) is 6.07 Å². The highest BCUT2D eigenvalue weighted by Gasteiger charge is 2.26. The van der Waals surface area contributed by atoms with Gasteiger partial charge in [-0.3, -0.25) is 14.7 Å². The maximum atomic E-state index is 12.4. The maximum absolute atomic E-state index is 12.4. The minimum Gasteiger partial charge on any atom is -0.350 e. The molecule has 0 aliphatic carbocycles. The second kappa shape index (κ2) is 7.54. The van der Waals surface area contributed by atoms with Crippen LogP contribution in [0.1, 0.15) is 21.6 Å². The Hall–Kier alpha value is -2.92. The molecule has 1 aromatic carbocycles. The Morgan fingerprint density at radius 2 is 2.00 bits per heavy atom. The van der Waals surface area contributed by atoms with Gasteiger partial charge in [-0.1, -0.05) is 30.3 Å². The number of rotatable bonds is 5. The van der Waals surface area contributed by atoms with Crippen molar-refractivity contribution >= 4 is 5.91 Å². The Balaban J connectivity index is 1.47. The summed E-state index contributed by atoms with van der Waals surface area (Å²) in [4.78, 5) is 18.8. The first-order valence-corrected chi connectivity index (χ1v) is 8.90. The fraction of sp³-hybridized carbons (Fsp3) is 0.238. The second-order valence-corrected chi connectivity index (χ2v) is 6.65. The highest BCUT2D eigenvalue weighted by atomic mass is 16.1. The minimum absolute atomic E-state index is 0.0731. The topological polar surface area (TPSA) is 50.2 Å². The predicted molar refractivity (Wildman–Crippen MR) is 100 cm³/mol. The van der Waals surface area contributed by atoms with Gasteiger partial charge in [0.15, 0.2) is 0 Å². The smallest absolute Gasteiger partial charge is 0.252 e. The van der Waals surface area contributed by atoms with Crippen molar-refractivity contribution in [1.29, 1.82) is 0 Å². The summed E-state index contributed by atoms with van der Waals surface area (Å²) in [6.07, 6.45) is 5.39. The van der Waals surface area contributed by atoms with E-state index in [1.54, 1.807) is 24.5 Å². The average molecular weight is 346 g/mol. The average Bonchev–Trinajstić information content (AvgIpc) is 3.14. The van der Waals surface area contributed by atoms with Crippen molar-refractivity contribution in [1.82, 2.24) is 19.8 Å². The lowest BCUT2D eigenvalue weighted by Crippen LogP contribution is -2.48. The molecule has 1 N–H and O–H groups in total. The summed E-state index contributed by atoms with van der Waals surface area (Å²) in [6, 6.07) is 18.6. The number of pyridine rings is 1. The SMILES string of the molecule is O=C(NCC1Cn2cccc2CN1Cc1ccccc1)c1cccnc1. The van der Waals surface area contributed by atoms with Crippen LogP contribution in [0.5, 0.6) is 0 Å². The van der Waals surface area contributed by atoms with Gasteiger partial charge in [-0.25, -0.2) is 0 Å². The first-order chi connectivity index (χ1) is 12.8. The molecule has 132 valence electrons. The molecule has 3 heterocycles. The van der Waals surface area contributed by atoms with E-state index < -0.39 is 0 Å². The molecule has 5 nitrogen and oxygen atoms in total. The van der Waals surface area contributed by atoms with Crippen LogP contribution in [0.4, 0.5) is 0 Å². The third-order valence-corrected chi connectivity index (χ3v) is 4.86. The van der Waals surface area contributed by atoms with Crippen LogP contribution in [-0.4, -0.2) is 32.9 Å². The van der Waals surface area contributed by atoms with E-state index in [0.717, 1.165) is 19.6 Å². The lowest BCUT2D eigenvalue weighted by Gasteiger charge is -2.37. The first-order valence-electron chi connectivity index (χ1n) is 8.90. The quantitative estimate of drug-likeness (QED) is 0.773. The number of nitrogens with zero attached hydrogens (tertiary/aromatic N) is 3. The molecule has 26 heavy (non-hydrogen) atoms. The van der Waals surface area contributed by atoms with E-state index in [4.69, 9.17) is 0 Å². The van der Waals surface area contributed by atoms with Crippen molar-refractivity contribution in [3.8, 4) is 0 Å². The second-order valence-electron chi connectivity index (χ2n) is 6.65. The van der Waals surface area contributed by atoms with E-state index in [2.05, 4.69) is 62.4 Å². The number of hydrogen-bond donors (Lipinski definition) is 1. The largest absolute Gasteiger partial charge is 0.350 e. The summed E-state index contributed by atoms with van der Waals surface area (Å²) in [5.74, 6) is -0.0731. The zero-order valence-electron chi connectivity index (χ0n) is 14.6. The van der Waals surface area contributed by atoms with Crippen molar-refractivity contribution in [2.45, 2.75) is 25.7 Å². The van der Waals surface area contributed by atoms with Crippen LogP contribution in [-0.2, 0) is 19.6 Å². The Morgan fingerprint density at radius 1 is 1.12 bits per heavy atom. The van der Waals surface area contributed by atoms with Gasteiger partial charge in [-0.2, -0.15) is 0 Å². The van der Waals surface area contributed by atoms with E-state index in [9.17, 15) is 4.79 Å². The molecule has 1 unspecified atom stereocenters. The van der Waals surface area contributed by atoms with Gasteiger partial charge in [-0.15, -0.1) is 0 Å². The van der Waals surface area contributed by atoms with Gasteiger partial charge in [0, 0.05) is 56.5 Å². The normalized spacial score (nSPS) is 16.8. The van der Waals surface area contributed by atoms with Gasteiger partial charge in [-0.05, 0) is 29.8 Å². The molecule has 3 aromatic rings. The van der Waals surface area contributed by atoms with Crippen molar-refractivity contribution in [2.24, 2.45) is 0 Å². The van der Waals surface area contributed by atoms with Gasteiger partial charge in [0.25, 0.3) is 5.91 Å². The van der Waals surface area contributed by atoms with Crippen LogP contribution in [0.2, 0.25) is 0 Å². The predicted octanol–water partition coefficient (Wildman–Crippen LogP) is 2.70. The molecule has 0 radical (unpaired) electrons. The molecule has 1 aliphatic heterocycles. The highest BCUT2D eigenvalue weighted by Crippen LogP contribution is 2.20. The van der Waals surface area contributed by atoms with Gasteiger partial charge in [0.2, 0.25) is 0 Å². The standard InChI is InChI=1S/C21H22N4O/c26-21(18-8-4-10-22-12-18)23-13-20-16-24-11-5-9-19(24)15-25(20)14-17-6-2-1-3-7-17/h1-12,20H,13-16H2,(H,23,26). The molecule has 0 fully saturated rings. The molecular formula is C21H22N4O. The molecule has 1 amide bonds. The van der Waals surface area contributed by atoms with Gasteiger partial charge in [0.1, 0.15) is 0 Å². The van der Waals surface area contributed by atoms with Crippen LogP contribution in [0.3, 0.4) is 0 Å². The van der Waals surface area contributed by atoms with E-state index in [0.29, 0.717) is 12.1 Å². The Bertz CT molecular complexity index is 860. The third-order valence-electron chi connectivity index (χ3n) is 4.86. The summed E-state index contributed by atoms with van der Waals surface area (Å²) in [7, 11) is 0. The van der Waals surface area contributed by atoms with Gasteiger partial charge in [0.05, 0.1) is 5.56 Å². The molecular weight excluding hydrogens is 324 g/mol. The molecule has 2 aromatic heterocycles. The van der Waals surface area contributed by atoms with Crippen molar-refractivity contribution in [2.75, 3.05) is 6.54 Å². The summed E-state index contributed by atoms with van der Waals surface area (Å²) >= 11 is 0. The van der Waals surface area contributed by atoms with Crippen LogP contribution < -0.4 is 5.32 Å². The fourth-order valence-electron chi connectivity index (χ4n) is 3.46. The first kappa shape index (κ1) is 16.5. The molecule has 1 aliphatic rings. The molecule has 5 heteroatoms. The summed E-state index contributed by atoms with van der Waals surface area (Å²) < 4.78 is 2.28. The minimum atomic E-state index is -0.0731. The molecule has 4 rings (SSSR count). The van der Waals surface area contributed by atoms with Crippen LogP contribution in [0.25, 0.3) is 0 Å². The van der Waals surface area contributed by atoms with Crippen molar-refractivity contribution in [3.63, 3.8) is 0 Å². The number of amides is 1. The van der Waals surface area contributed by atoms with E-state index in [1.165, 1.54) is 11.3 Å². The molecule has 0 saturated heterocycles. The van der Waals surface area contributed by atoms with E-state index in [-0.39, 0.29) is 11.9 Å². The summed E-state index contributed by atoms with van der Waals surface area (Å²) in [5, 5.41) is 3.07. The van der Waals surface area contributed by atoms with Crippen LogP contribution in [0, 0.1) is 0 Å². The van der Waals surface area contributed by atoms with E-state index >= 15 is 0 Å². The number of benzene rings is 1. The highest BCUT2D eigenvalue weighted by molar-refractivity contribution is 5.93. The molecule has 0 saturated carbocycles.